The smallest absolute Gasteiger partial charge is 0.319 e. The Morgan fingerprint density at radius 1 is 0.943 bits per heavy atom. The summed E-state index contributed by atoms with van der Waals surface area (Å²) in [5, 5.41) is 10.6. The molecule has 35 heavy (non-hydrogen) atoms. The molecular weight excluding hydrogens is 462 g/mol. The van der Waals surface area contributed by atoms with E-state index in [9.17, 15) is 9.90 Å². The van der Waals surface area contributed by atoms with Gasteiger partial charge in [0.05, 0.1) is 12.5 Å². The number of likely N-dealkylation sites (tertiary alicyclic amines) is 1. The minimum Gasteiger partial charge on any atom is -0.508 e. The molecule has 1 N–H and O–H groups in total. The number of nitrogens with zero attached hydrogens (tertiary/aromatic N) is 1. The molecule has 0 bridgehead atoms. The van der Waals surface area contributed by atoms with Crippen LogP contribution in [0.25, 0.3) is 0 Å². The number of hydrogen-bond donors (Lipinski definition) is 1. The minimum absolute atomic E-state index is 0.0611. The first-order chi connectivity index (χ1) is 17.1. The molecule has 2 heterocycles. The third kappa shape index (κ3) is 5.47. The lowest BCUT2D eigenvalue weighted by Crippen LogP contribution is -2.31. The molecule has 1 fully saturated rings. The molecular formula is C29H30ClNO4. The van der Waals surface area contributed by atoms with E-state index < -0.39 is 5.92 Å². The summed E-state index contributed by atoms with van der Waals surface area (Å²) in [7, 11) is 0. The first-order valence-electron chi connectivity index (χ1n) is 12.3. The van der Waals surface area contributed by atoms with Gasteiger partial charge in [0.1, 0.15) is 17.2 Å². The number of esters is 1. The number of piperidine rings is 1. The van der Waals surface area contributed by atoms with Gasteiger partial charge in [0.25, 0.3) is 0 Å². The van der Waals surface area contributed by atoms with E-state index in [4.69, 9.17) is 21.1 Å². The van der Waals surface area contributed by atoms with E-state index in [1.807, 2.05) is 42.5 Å². The third-order valence-electron chi connectivity index (χ3n) is 6.91. The second-order valence-electron chi connectivity index (χ2n) is 9.33. The lowest BCUT2D eigenvalue weighted by molar-refractivity contribution is -0.137. The van der Waals surface area contributed by atoms with E-state index in [0.717, 1.165) is 35.4 Å². The first kappa shape index (κ1) is 23.7. The Morgan fingerprint density at radius 3 is 2.54 bits per heavy atom. The van der Waals surface area contributed by atoms with Crippen LogP contribution in [0.15, 0.2) is 66.7 Å². The van der Waals surface area contributed by atoms with E-state index in [-0.39, 0.29) is 17.6 Å². The lowest BCUT2D eigenvalue weighted by atomic mass is 9.75. The van der Waals surface area contributed by atoms with Gasteiger partial charge < -0.3 is 19.5 Å². The number of aromatic hydroxyl groups is 1. The highest BCUT2D eigenvalue weighted by Gasteiger charge is 2.40. The molecule has 3 aromatic rings. The summed E-state index contributed by atoms with van der Waals surface area (Å²) in [6.45, 7) is 4.09. The van der Waals surface area contributed by atoms with E-state index >= 15 is 0 Å². The number of fused-ring (bicyclic) bond motifs is 1. The maximum absolute atomic E-state index is 13.2. The average Bonchev–Trinajstić information content (AvgIpc) is 2.87. The zero-order valence-corrected chi connectivity index (χ0v) is 20.4. The lowest BCUT2D eigenvalue weighted by Gasteiger charge is -2.33. The van der Waals surface area contributed by atoms with Crippen molar-refractivity contribution in [2.24, 2.45) is 0 Å². The number of carbonyl (C=O) groups excluding carboxylic acids is 1. The predicted octanol–water partition coefficient (Wildman–Crippen LogP) is 6.14. The molecule has 5 rings (SSSR count). The Kier molecular flexibility index (Phi) is 7.26. The van der Waals surface area contributed by atoms with Gasteiger partial charge in [-0.2, -0.15) is 0 Å². The maximum Gasteiger partial charge on any atom is 0.319 e. The van der Waals surface area contributed by atoms with Gasteiger partial charge >= 0.3 is 5.97 Å². The molecule has 0 aliphatic carbocycles. The topological polar surface area (TPSA) is 59.0 Å². The van der Waals surface area contributed by atoms with Crippen LogP contribution < -0.4 is 9.47 Å². The molecule has 0 amide bonds. The van der Waals surface area contributed by atoms with E-state index in [1.165, 1.54) is 38.4 Å². The monoisotopic (exact) mass is 491 g/mol. The van der Waals surface area contributed by atoms with Crippen molar-refractivity contribution in [1.82, 2.24) is 4.90 Å². The second kappa shape index (κ2) is 10.7. The summed E-state index contributed by atoms with van der Waals surface area (Å²) in [6.07, 6.45) is 4.91. The summed E-state index contributed by atoms with van der Waals surface area (Å²) >= 11 is 6.11. The number of rotatable bonds is 7. The molecule has 182 valence electrons. The molecule has 3 aromatic carbocycles. The van der Waals surface area contributed by atoms with Gasteiger partial charge in [-0.3, -0.25) is 4.79 Å². The van der Waals surface area contributed by atoms with Crippen molar-refractivity contribution in [3.8, 4) is 17.2 Å². The number of phenolic OH excluding ortho intramolecular Hbond substituents is 1. The fourth-order valence-corrected chi connectivity index (χ4v) is 5.31. The summed E-state index contributed by atoms with van der Waals surface area (Å²) in [5.74, 6) is 0.0474. The van der Waals surface area contributed by atoms with Crippen molar-refractivity contribution in [2.45, 2.75) is 37.5 Å². The van der Waals surface area contributed by atoms with Crippen LogP contribution in [0, 0.1) is 0 Å². The number of halogens is 1. The molecule has 2 aliphatic rings. The van der Waals surface area contributed by atoms with Crippen LogP contribution in [-0.2, 0) is 4.79 Å². The molecule has 2 atom stereocenters. The van der Waals surface area contributed by atoms with Crippen molar-refractivity contribution >= 4 is 17.6 Å². The highest BCUT2D eigenvalue weighted by molar-refractivity contribution is 6.30. The summed E-state index contributed by atoms with van der Waals surface area (Å²) in [6, 6.07) is 20.2. The Hall–Kier alpha value is -3.02. The number of carbonyl (C=O) groups is 1. The van der Waals surface area contributed by atoms with Crippen LogP contribution in [0.1, 0.15) is 54.2 Å². The minimum atomic E-state index is -0.543. The summed E-state index contributed by atoms with van der Waals surface area (Å²) < 4.78 is 11.8. The van der Waals surface area contributed by atoms with E-state index in [2.05, 4.69) is 4.90 Å². The fraction of sp³-hybridized carbons (Fsp3) is 0.345. The van der Waals surface area contributed by atoms with Gasteiger partial charge in [-0.1, -0.05) is 48.4 Å². The van der Waals surface area contributed by atoms with Crippen LogP contribution in [0.3, 0.4) is 0 Å². The Labute approximate surface area is 211 Å². The van der Waals surface area contributed by atoms with Gasteiger partial charge in [-0.05, 0) is 73.8 Å². The Balaban J connectivity index is 1.40. The van der Waals surface area contributed by atoms with Gasteiger partial charge in [0.15, 0.2) is 0 Å². The standard InChI is InChI=1S/C29H30ClNO4/c30-22-10-8-20(9-11-22)28-27(25-13-12-23(32)19-26(25)35-29(28)33)21-6-4-7-24(18-21)34-17-5-16-31-14-2-1-3-15-31/h4,6-13,18-19,27-28,32H,1-3,5,14-17H2. The van der Waals surface area contributed by atoms with Crippen LogP contribution in [0.4, 0.5) is 0 Å². The quantitative estimate of drug-likeness (QED) is 0.244. The number of phenols is 1. The summed E-state index contributed by atoms with van der Waals surface area (Å²) in [4.78, 5) is 15.7. The number of benzene rings is 3. The normalized spacial score (nSPS) is 20.2. The fourth-order valence-electron chi connectivity index (χ4n) is 5.19. The molecule has 5 nitrogen and oxygen atoms in total. The Morgan fingerprint density at radius 2 is 1.74 bits per heavy atom. The zero-order valence-electron chi connectivity index (χ0n) is 19.7. The van der Waals surface area contributed by atoms with Crippen molar-refractivity contribution in [1.29, 1.82) is 0 Å². The van der Waals surface area contributed by atoms with Gasteiger partial charge in [0, 0.05) is 29.1 Å². The molecule has 0 saturated carbocycles. The van der Waals surface area contributed by atoms with Crippen LogP contribution in [0.2, 0.25) is 5.02 Å². The van der Waals surface area contributed by atoms with Gasteiger partial charge in [0.2, 0.25) is 0 Å². The highest BCUT2D eigenvalue weighted by atomic mass is 35.5. The number of ether oxygens (including phenoxy) is 2. The first-order valence-corrected chi connectivity index (χ1v) is 12.7. The summed E-state index contributed by atoms with van der Waals surface area (Å²) in [5.41, 5.74) is 2.64. The molecule has 0 radical (unpaired) electrons. The van der Waals surface area contributed by atoms with Crippen molar-refractivity contribution in [3.63, 3.8) is 0 Å². The van der Waals surface area contributed by atoms with E-state index in [1.54, 1.807) is 18.2 Å². The van der Waals surface area contributed by atoms with Crippen LogP contribution in [-0.4, -0.2) is 42.2 Å². The molecule has 2 aliphatic heterocycles. The van der Waals surface area contributed by atoms with Crippen molar-refractivity contribution in [2.75, 3.05) is 26.2 Å². The van der Waals surface area contributed by atoms with Crippen molar-refractivity contribution in [3.05, 3.63) is 88.4 Å². The molecule has 0 spiro atoms. The predicted molar refractivity (Wildman–Crippen MR) is 137 cm³/mol. The molecule has 2 unspecified atom stereocenters. The largest absolute Gasteiger partial charge is 0.508 e. The van der Waals surface area contributed by atoms with Crippen molar-refractivity contribution < 1.29 is 19.4 Å². The number of hydrogen-bond acceptors (Lipinski definition) is 5. The highest BCUT2D eigenvalue weighted by Crippen LogP contribution is 2.48. The van der Waals surface area contributed by atoms with Crippen LogP contribution in [0.5, 0.6) is 17.2 Å². The Bertz CT molecular complexity index is 1170. The third-order valence-corrected chi connectivity index (χ3v) is 7.16. The van der Waals surface area contributed by atoms with Gasteiger partial charge in [-0.15, -0.1) is 0 Å². The maximum atomic E-state index is 13.2. The molecule has 0 aromatic heterocycles. The second-order valence-corrected chi connectivity index (χ2v) is 9.76. The molecule has 1 saturated heterocycles. The average molecular weight is 492 g/mol. The SMILES string of the molecule is O=C1Oc2cc(O)ccc2C(c2cccc(OCCCN3CCCCC3)c2)C1c1ccc(Cl)cc1. The van der Waals surface area contributed by atoms with E-state index in [0.29, 0.717) is 17.4 Å². The molecule has 6 heteroatoms. The van der Waals surface area contributed by atoms with Crippen LogP contribution >= 0.6 is 11.6 Å². The zero-order chi connectivity index (χ0) is 24.2. The van der Waals surface area contributed by atoms with Gasteiger partial charge in [-0.25, -0.2) is 0 Å².